The van der Waals surface area contributed by atoms with Gasteiger partial charge in [0.15, 0.2) is 0 Å². The quantitative estimate of drug-likeness (QED) is 0.466. The maximum Gasteiger partial charge on any atom is 0.0836 e. The van der Waals surface area contributed by atoms with Crippen LogP contribution in [0.25, 0.3) is 0 Å². The number of hydrazine groups is 1. The molecule has 0 aliphatic carbocycles. The first kappa shape index (κ1) is 10.9. The molecule has 0 heterocycles. The minimum absolute atomic E-state index is 0.102. The zero-order chi connectivity index (χ0) is 8.91. The van der Waals surface area contributed by atoms with Gasteiger partial charge in [-0.2, -0.15) is 0 Å². The number of rotatable bonds is 5. The molecule has 68 valence electrons. The van der Waals surface area contributed by atoms with Gasteiger partial charge in [0.2, 0.25) is 0 Å². The molecule has 1 atom stereocenters. The summed E-state index contributed by atoms with van der Waals surface area (Å²) >= 11 is 0. The maximum atomic E-state index is 5.45. The molecule has 3 heteroatoms. The van der Waals surface area contributed by atoms with Crippen LogP contribution in [0, 0.1) is 0 Å². The van der Waals surface area contributed by atoms with Crippen molar-refractivity contribution < 1.29 is 4.74 Å². The van der Waals surface area contributed by atoms with Gasteiger partial charge in [0.05, 0.1) is 5.60 Å². The van der Waals surface area contributed by atoms with E-state index in [1.54, 1.807) is 7.11 Å². The molecule has 0 aliphatic heterocycles. The van der Waals surface area contributed by atoms with Gasteiger partial charge < -0.3 is 4.74 Å². The van der Waals surface area contributed by atoms with E-state index in [1.807, 2.05) is 6.92 Å². The Morgan fingerprint density at radius 3 is 2.00 bits per heavy atom. The van der Waals surface area contributed by atoms with E-state index in [9.17, 15) is 0 Å². The zero-order valence-corrected chi connectivity index (χ0v) is 7.98. The fourth-order valence-electron chi connectivity index (χ4n) is 1.48. The molecule has 0 saturated carbocycles. The lowest BCUT2D eigenvalue weighted by Crippen LogP contribution is -2.52. The Hall–Kier alpha value is -0.120. The second-order valence-electron chi connectivity index (χ2n) is 2.86. The van der Waals surface area contributed by atoms with Crippen LogP contribution in [0.5, 0.6) is 0 Å². The van der Waals surface area contributed by atoms with Crippen LogP contribution in [-0.2, 0) is 4.74 Å². The molecule has 0 spiro atoms. The summed E-state index contributed by atoms with van der Waals surface area (Å²) in [6.45, 7) is 6.26. The van der Waals surface area contributed by atoms with Crippen LogP contribution in [0.2, 0.25) is 0 Å². The fraction of sp³-hybridized carbons (Fsp3) is 1.00. The van der Waals surface area contributed by atoms with Gasteiger partial charge in [-0.25, -0.2) is 0 Å². The van der Waals surface area contributed by atoms with Crippen LogP contribution in [-0.4, -0.2) is 18.8 Å². The predicted molar refractivity (Wildman–Crippen MR) is 47.1 cm³/mol. The molecular formula is C8H20N2O. The Kier molecular flexibility index (Phi) is 4.65. The van der Waals surface area contributed by atoms with Crippen molar-refractivity contribution in [2.24, 2.45) is 5.84 Å². The smallest absolute Gasteiger partial charge is 0.0836 e. The van der Waals surface area contributed by atoms with Crippen molar-refractivity contribution >= 4 is 0 Å². The second kappa shape index (κ2) is 4.70. The molecule has 3 N–H and O–H groups in total. The van der Waals surface area contributed by atoms with Crippen LogP contribution >= 0.6 is 0 Å². The molecule has 0 fully saturated rings. The predicted octanol–water partition coefficient (Wildman–Crippen LogP) is 1.04. The molecule has 0 radical (unpaired) electrons. The zero-order valence-electron chi connectivity index (χ0n) is 7.98. The molecule has 0 amide bonds. The molecule has 3 nitrogen and oxygen atoms in total. The Labute approximate surface area is 69.3 Å². The van der Waals surface area contributed by atoms with Gasteiger partial charge in [-0.05, 0) is 19.8 Å². The van der Waals surface area contributed by atoms with Gasteiger partial charge >= 0.3 is 0 Å². The van der Waals surface area contributed by atoms with Gasteiger partial charge in [-0.1, -0.05) is 13.8 Å². The number of methoxy groups -OCH3 is 1. The molecule has 0 aromatic heterocycles. The van der Waals surface area contributed by atoms with E-state index in [0.717, 1.165) is 12.8 Å². The van der Waals surface area contributed by atoms with Crippen LogP contribution < -0.4 is 11.3 Å². The molecule has 0 rings (SSSR count). The molecule has 0 bridgehead atoms. The Morgan fingerprint density at radius 1 is 1.45 bits per heavy atom. The summed E-state index contributed by atoms with van der Waals surface area (Å²) in [4.78, 5) is 0. The van der Waals surface area contributed by atoms with Gasteiger partial charge in [-0.15, -0.1) is 0 Å². The third-order valence-electron chi connectivity index (χ3n) is 2.64. The minimum Gasteiger partial charge on any atom is -0.377 e. The van der Waals surface area contributed by atoms with Gasteiger partial charge in [0.25, 0.3) is 0 Å². The summed E-state index contributed by atoms with van der Waals surface area (Å²) in [5, 5.41) is 0. The minimum atomic E-state index is -0.102. The molecule has 0 aliphatic rings. The Morgan fingerprint density at radius 2 is 1.91 bits per heavy atom. The average molecular weight is 160 g/mol. The number of nitrogens with two attached hydrogens (primary N) is 1. The van der Waals surface area contributed by atoms with E-state index in [4.69, 9.17) is 10.6 Å². The van der Waals surface area contributed by atoms with E-state index >= 15 is 0 Å². The van der Waals surface area contributed by atoms with Crippen molar-refractivity contribution in [3.8, 4) is 0 Å². The summed E-state index contributed by atoms with van der Waals surface area (Å²) in [6.07, 6.45) is 1.96. The third kappa shape index (κ3) is 2.15. The fourth-order valence-corrected chi connectivity index (χ4v) is 1.48. The van der Waals surface area contributed by atoms with E-state index in [0.29, 0.717) is 0 Å². The highest BCUT2D eigenvalue weighted by atomic mass is 16.5. The number of ether oxygens (including phenoxy) is 1. The average Bonchev–Trinajstić information content (AvgIpc) is 2.08. The summed E-state index contributed by atoms with van der Waals surface area (Å²) < 4.78 is 5.45. The molecular weight excluding hydrogens is 140 g/mol. The number of hydrogen-bond acceptors (Lipinski definition) is 3. The summed E-state index contributed by atoms with van der Waals surface area (Å²) in [6, 6.07) is 0.197. The van der Waals surface area contributed by atoms with E-state index < -0.39 is 0 Å². The number of hydrogen-bond donors (Lipinski definition) is 2. The molecule has 0 saturated heterocycles. The summed E-state index contributed by atoms with van der Waals surface area (Å²) in [5.41, 5.74) is 2.63. The van der Waals surface area contributed by atoms with Crippen molar-refractivity contribution in [2.45, 2.75) is 45.3 Å². The van der Waals surface area contributed by atoms with E-state index in [1.165, 1.54) is 0 Å². The van der Waals surface area contributed by atoms with Crippen molar-refractivity contribution in [3.63, 3.8) is 0 Å². The van der Waals surface area contributed by atoms with Crippen molar-refractivity contribution in [3.05, 3.63) is 0 Å². The summed E-state index contributed by atoms with van der Waals surface area (Å²) in [7, 11) is 1.74. The van der Waals surface area contributed by atoms with Crippen LogP contribution in [0.1, 0.15) is 33.6 Å². The first-order chi connectivity index (χ1) is 5.16. The lowest BCUT2D eigenvalue weighted by molar-refractivity contribution is -0.0425. The Balaban J connectivity index is 4.26. The lowest BCUT2D eigenvalue weighted by atomic mass is 9.90. The largest absolute Gasteiger partial charge is 0.377 e. The topological polar surface area (TPSA) is 47.3 Å². The molecule has 1 unspecified atom stereocenters. The highest BCUT2D eigenvalue weighted by Crippen LogP contribution is 2.23. The van der Waals surface area contributed by atoms with Crippen LogP contribution in [0.4, 0.5) is 0 Å². The van der Waals surface area contributed by atoms with Crippen molar-refractivity contribution in [1.29, 1.82) is 0 Å². The SMILES string of the molecule is CCC(CC)(OC)C(C)NN. The monoisotopic (exact) mass is 160 g/mol. The van der Waals surface area contributed by atoms with Gasteiger partial charge in [0, 0.05) is 13.2 Å². The highest BCUT2D eigenvalue weighted by Gasteiger charge is 2.31. The van der Waals surface area contributed by atoms with Crippen molar-refractivity contribution in [1.82, 2.24) is 5.43 Å². The molecule has 11 heavy (non-hydrogen) atoms. The number of nitrogens with one attached hydrogen (secondary N) is 1. The molecule has 0 aromatic rings. The van der Waals surface area contributed by atoms with Crippen molar-refractivity contribution in [2.75, 3.05) is 7.11 Å². The maximum absolute atomic E-state index is 5.45. The first-order valence-corrected chi connectivity index (χ1v) is 4.18. The van der Waals surface area contributed by atoms with Gasteiger partial charge in [-0.3, -0.25) is 11.3 Å². The van der Waals surface area contributed by atoms with E-state index in [2.05, 4.69) is 19.3 Å². The lowest BCUT2D eigenvalue weighted by Gasteiger charge is -2.35. The normalized spacial score (nSPS) is 15.0. The first-order valence-electron chi connectivity index (χ1n) is 4.18. The highest BCUT2D eigenvalue weighted by molar-refractivity contribution is 4.86. The van der Waals surface area contributed by atoms with Crippen LogP contribution in [0.15, 0.2) is 0 Å². The third-order valence-corrected chi connectivity index (χ3v) is 2.64. The van der Waals surface area contributed by atoms with E-state index in [-0.39, 0.29) is 11.6 Å². The standard InChI is InChI=1S/C8H20N2O/c1-5-8(6-2,11-4)7(3)10-9/h7,10H,5-6,9H2,1-4H3. The summed E-state index contributed by atoms with van der Waals surface area (Å²) in [5.74, 6) is 5.35. The Bertz CT molecular complexity index is 94.0. The van der Waals surface area contributed by atoms with Gasteiger partial charge in [0.1, 0.15) is 0 Å². The second-order valence-corrected chi connectivity index (χ2v) is 2.86. The molecule has 0 aromatic carbocycles. The van der Waals surface area contributed by atoms with Crippen LogP contribution in [0.3, 0.4) is 0 Å².